The monoisotopic (exact) mass is 306 g/mol. The van der Waals surface area contributed by atoms with Crippen molar-refractivity contribution in [3.63, 3.8) is 0 Å². The maximum atomic E-state index is 12.1. The van der Waals surface area contributed by atoms with Gasteiger partial charge in [0.05, 0.1) is 13.7 Å². The summed E-state index contributed by atoms with van der Waals surface area (Å²) in [6.45, 7) is 0.208. The molecule has 4 nitrogen and oxygen atoms in total. The van der Waals surface area contributed by atoms with Gasteiger partial charge in [0, 0.05) is 16.8 Å². The van der Waals surface area contributed by atoms with Crippen molar-refractivity contribution in [1.29, 1.82) is 0 Å². The molecule has 0 aliphatic carbocycles. The minimum atomic E-state index is -0.0944. The van der Waals surface area contributed by atoms with Gasteiger partial charge >= 0.3 is 0 Å². The van der Waals surface area contributed by atoms with Gasteiger partial charge in [-0.15, -0.1) is 0 Å². The summed E-state index contributed by atoms with van der Waals surface area (Å²) >= 11 is 0. The van der Waals surface area contributed by atoms with Gasteiger partial charge < -0.3 is 15.4 Å². The Balaban J connectivity index is 1.63. The first kappa shape index (κ1) is 14.9. The number of methoxy groups -OCH3 is 1. The van der Waals surface area contributed by atoms with Crippen LogP contribution in [0.3, 0.4) is 0 Å². The molecule has 4 heteroatoms. The Bertz CT molecular complexity index is 808. The lowest BCUT2D eigenvalue weighted by atomic mass is 10.1. The van der Waals surface area contributed by atoms with Crippen molar-refractivity contribution in [2.24, 2.45) is 0 Å². The number of benzene rings is 3. The molecule has 0 aliphatic rings. The van der Waals surface area contributed by atoms with Crippen LogP contribution in [0.25, 0.3) is 10.8 Å². The van der Waals surface area contributed by atoms with Crippen LogP contribution in [0.4, 0.5) is 11.4 Å². The predicted molar refractivity (Wildman–Crippen MR) is 94.1 cm³/mol. The van der Waals surface area contributed by atoms with E-state index in [2.05, 4.69) is 22.8 Å². The van der Waals surface area contributed by atoms with Gasteiger partial charge in [-0.3, -0.25) is 4.79 Å². The lowest BCUT2D eigenvalue weighted by Gasteiger charge is -2.10. The molecule has 0 atom stereocenters. The molecule has 0 heterocycles. The van der Waals surface area contributed by atoms with E-state index in [4.69, 9.17) is 4.74 Å². The van der Waals surface area contributed by atoms with E-state index in [0.717, 1.165) is 27.9 Å². The first-order valence-electron chi connectivity index (χ1n) is 7.42. The first-order chi connectivity index (χ1) is 11.3. The van der Waals surface area contributed by atoms with Crippen molar-refractivity contribution >= 4 is 28.1 Å². The highest BCUT2D eigenvalue weighted by molar-refractivity contribution is 5.97. The maximum Gasteiger partial charge on any atom is 0.243 e. The molecular weight excluding hydrogens is 288 g/mol. The van der Waals surface area contributed by atoms with Gasteiger partial charge in [-0.25, -0.2) is 0 Å². The van der Waals surface area contributed by atoms with Crippen LogP contribution in [0.2, 0.25) is 0 Å². The van der Waals surface area contributed by atoms with E-state index in [1.165, 1.54) is 0 Å². The van der Waals surface area contributed by atoms with Crippen molar-refractivity contribution in [1.82, 2.24) is 0 Å². The zero-order chi connectivity index (χ0) is 16.1. The van der Waals surface area contributed by atoms with Crippen molar-refractivity contribution in [2.75, 3.05) is 24.3 Å². The number of carbonyl (C=O) groups excluding carboxylic acids is 1. The molecule has 116 valence electrons. The van der Waals surface area contributed by atoms with Crippen LogP contribution in [0, 0.1) is 0 Å². The number of ether oxygens (including phenoxy) is 1. The standard InChI is InChI=1S/C19H18N2O2/c1-23-16-11-9-15(10-12-16)21-19(22)13-20-18-8-4-6-14-5-2-3-7-17(14)18/h2-12,20H,13H2,1H3,(H,21,22). The summed E-state index contributed by atoms with van der Waals surface area (Å²) in [5.74, 6) is 0.667. The van der Waals surface area contributed by atoms with Crippen LogP contribution < -0.4 is 15.4 Å². The highest BCUT2D eigenvalue weighted by atomic mass is 16.5. The zero-order valence-electron chi connectivity index (χ0n) is 12.9. The summed E-state index contributed by atoms with van der Waals surface area (Å²) in [5, 5.41) is 8.30. The van der Waals surface area contributed by atoms with Crippen molar-refractivity contribution in [2.45, 2.75) is 0 Å². The Morgan fingerprint density at radius 3 is 2.48 bits per heavy atom. The number of nitrogens with one attached hydrogen (secondary N) is 2. The van der Waals surface area contributed by atoms with Crippen LogP contribution in [-0.2, 0) is 4.79 Å². The molecule has 0 aromatic heterocycles. The summed E-state index contributed by atoms with van der Waals surface area (Å²) in [7, 11) is 1.61. The number of fused-ring (bicyclic) bond motifs is 1. The predicted octanol–water partition coefficient (Wildman–Crippen LogP) is 3.90. The van der Waals surface area contributed by atoms with E-state index in [1.54, 1.807) is 7.11 Å². The fraction of sp³-hybridized carbons (Fsp3) is 0.105. The average molecular weight is 306 g/mol. The average Bonchev–Trinajstić information content (AvgIpc) is 2.60. The van der Waals surface area contributed by atoms with Gasteiger partial charge in [0.2, 0.25) is 5.91 Å². The SMILES string of the molecule is COc1ccc(NC(=O)CNc2cccc3ccccc23)cc1. The summed E-state index contributed by atoms with van der Waals surface area (Å²) in [6, 6.07) is 21.3. The molecule has 0 radical (unpaired) electrons. The molecule has 3 aromatic carbocycles. The van der Waals surface area contributed by atoms with Gasteiger partial charge in [0.15, 0.2) is 0 Å². The van der Waals surface area contributed by atoms with E-state index in [1.807, 2.05) is 54.6 Å². The van der Waals surface area contributed by atoms with Gasteiger partial charge in [0.25, 0.3) is 0 Å². The molecule has 0 spiro atoms. The quantitative estimate of drug-likeness (QED) is 0.751. The molecule has 0 aliphatic heterocycles. The summed E-state index contributed by atoms with van der Waals surface area (Å²) < 4.78 is 5.10. The molecule has 2 N–H and O–H groups in total. The van der Waals surface area contributed by atoms with Crippen molar-refractivity contribution in [3.05, 3.63) is 66.7 Å². The lowest BCUT2D eigenvalue weighted by molar-refractivity contribution is -0.114. The van der Waals surface area contributed by atoms with Gasteiger partial charge in [-0.2, -0.15) is 0 Å². The number of anilines is 2. The Morgan fingerprint density at radius 1 is 0.957 bits per heavy atom. The van der Waals surface area contributed by atoms with Gasteiger partial charge in [-0.1, -0.05) is 36.4 Å². The fourth-order valence-corrected chi connectivity index (χ4v) is 2.43. The van der Waals surface area contributed by atoms with Gasteiger partial charge in [0.1, 0.15) is 5.75 Å². The number of carbonyl (C=O) groups is 1. The van der Waals surface area contributed by atoms with Crippen molar-refractivity contribution < 1.29 is 9.53 Å². The molecule has 0 saturated heterocycles. The number of hydrogen-bond acceptors (Lipinski definition) is 3. The van der Waals surface area contributed by atoms with Crippen LogP contribution in [0.1, 0.15) is 0 Å². The lowest BCUT2D eigenvalue weighted by Crippen LogP contribution is -2.21. The third-order valence-electron chi connectivity index (χ3n) is 3.60. The Hall–Kier alpha value is -3.01. The van der Waals surface area contributed by atoms with E-state index in [-0.39, 0.29) is 12.5 Å². The van der Waals surface area contributed by atoms with Crippen LogP contribution in [0.5, 0.6) is 5.75 Å². The largest absolute Gasteiger partial charge is 0.497 e. The maximum absolute atomic E-state index is 12.1. The van der Waals surface area contributed by atoms with E-state index in [0.29, 0.717) is 0 Å². The second-order valence-corrected chi connectivity index (χ2v) is 5.16. The number of amides is 1. The molecule has 0 unspecified atom stereocenters. The van der Waals surface area contributed by atoms with Crippen LogP contribution in [0.15, 0.2) is 66.7 Å². The first-order valence-corrected chi connectivity index (χ1v) is 7.42. The summed E-state index contributed by atoms with van der Waals surface area (Å²) in [6.07, 6.45) is 0. The van der Waals surface area contributed by atoms with E-state index in [9.17, 15) is 4.79 Å². The summed E-state index contributed by atoms with van der Waals surface area (Å²) in [5.41, 5.74) is 1.70. The Morgan fingerprint density at radius 2 is 1.70 bits per heavy atom. The van der Waals surface area contributed by atoms with Crippen LogP contribution in [-0.4, -0.2) is 19.6 Å². The molecular formula is C19H18N2O2. The molecule has 3 rings (SSSR count). The second-order valence-electron chi connectivity index (χ2n) is 5.16. The Labute approximate surface area is 135 Å². The topological polar surface area (TPSA) is 50.4 Å². The molecule has 1 amide bonds. The van der Waals surface area contributed by atoms with Crippen molar-refractivity contribution in [3.8, 4) is 5.75 Å². The van der Waals surface area contributed by atoms with E-state index < -0.39 is 0 Å². The normalized spacial score (nSPS) is 10.3. The minimum Gasteiger partial charge on any atom is -0.497 e. The molecule has 23 heavy (non-hydrogen) atoms. The smallest absolute Gasteiger partial charge is 0.243 e. The third kappa shape index (κ3) is 3.61. The number of hydrogen-bond donors (Lipinski definition) is 2. The third-order valence-corrected chi connectivity index (χ3v) is 3.60. The molecule has 0 saturated carbocycles. The Kier molecular flexibility index (Phi) is 4.43. The zero-order valence-corrected chi connectivity index (χ0v) is 12.9. The summed E-state index contributed by atoms with van der Waals surface area (Å²) in [4.78, 5) is 12.1. The fourth-order valence-electron chi connectivity index (χ4n) is 2.43. The second kappa shape index (κ2) is 6.83. The highest BCUT2D eigenvalue weighted by Crippen LogP contribution is 2.22. The molecule has 3 aromatic rings. The molecule has 0 bridgehead atoms. The highest BCUT2D eigenvalue weighted by Gasteiger charge is 2.04. The van der Waals surface area contributed by atoms with Gasteiger partial charge in [-0.05, 0) is 35.7 Å². The molecule has 0 fully saturated rings. The van der Waals surface area contributed by atoms with E-state index >= 15 is 0 Å². The minimum absolute atomic E-state index is 0.0944. The number of rotatable bonds is 5. The van der Waals surface area contributed by atoms with Crippen LogP contribution >= 0.6 is 0 Å².